The van der Waals surface area contributed by atoms with E-state index in [-0.39, 0.29) is 25.5 Å². The third-order valence-corrected chi connectivity index (χ3v) is 3.71. The van der Waals surface area contributed by atoms with Crippen LogP contribution in [0.4, 0.5) is 0 Å². The van der Waals surface area contributed by atoms with Crippen molar-refractivity contribution in [2.24, 2.45) is 0 Å². The van der Waals surface area contributed by atoms with Crippen LogP contribution in [0.1, 0.15) is 17.5 Å². The Balaban J connectivity index is 1.99. The number of ether oxygens (including phenoxy) is 2. The number of carbonyl (C=O) groups excluding carboxylic acids is 1. The number of aryl methyl sites for hydroxylation is 2. The first-order valence-electron chi connectivity index (χ1n) is 7.27. The molecule has 1 heterocycles. The van der Waals surface area contributed by atoms with Crippen LogP contribution >= 0.6 is 0 Å². The maximum Gasteiger partial charge on any atom is 0.305 e. The van der Waals surface area contributed by atoms with Gasteiger partial charge in [0, 0.05) is 6.54 Å². The molecule has 0 aliphatic carbocycles. The van der Waals surface area contributed by atoms with Crippen LogP contribution in [0.5, 0.6) is 5.75 Å². The van der Waals surface area contributed by atoms with E-state index in [2.05, 4.69) is 0 Å². The van der Waals surface area contributed by atoms with Crippen molar-refractivity contribution in [3.05, 3.63) is 29.3 Å². The van der Waals surface area contributed by atoms with Crippen LogP contribution in [0, 0.1) is 13.8 Å². The van der Waals surface area contributed by atoms with E-state index in [9.17, 15) is 9.59 Å². The van der Waals surface area contributed by atoms with Gasteiger partial charge in [-0.15, -0.1) is 0 Å². The minimum Gasteiger partial charge on any atom is -0.483 e. The molecule has 1 fully saturated rings. The summed E-state index contributed by atoms with van der Waals surface area (Å²) in [6, 6.07) is 5.36. The highest BCUT2D eigenvalue weighted by atomic mass is 16.5. The predicted octanol–water partition coefficient (Wildman–Crippen LogP) is 1.38. The van der Waals surface area contributed by atoms with E-state index in [1.807, 2.05) is 32.0 Å². The van der Waals surface area contributed by atoms with Gasteiger partial charge in [0.25, 0.3) is 5.91 Å². The molecule has 1 atom stereocenters. The number of hydrogen-bond donors (Lipinski definition) is 1. The Bertz CT molecular complexity index is 537. The summed E-state index contributed by atoms with van der Waals surface area (Å²) < 4.78 is 10.9. The third-order valence-electron chi connectivity index (χ3n) is 3.71. The Labute approximate surface area is 129 Å². The average molecular weight is 307 g/mol. The molecular formula is C16H21NO5. The smallest absolute Gasteiger partial charge is 0.305 e. The van der Waals surface area contributed by atoms with Crippen LogP contribution in [0.25, 0.3) is 0 Å². The molecule has 1 unspecified atom stereocenters. The zero-order chi connectivity index (χ0) is 16.1. The second-order valence-electron chi connectivity index (χ2n) is 5.42. The van der Waals surface area contributed by atoms with Gasteiger partial charge in [0.1, 0.15) is 5.75 Å². The number of carbonyl (C=O) groups is 2. The van der Waals surface area contributed by atoms with Gasteiger partial charge < -0.3 is 19.5 Å². The number of benzene rings is 1. The first-order valence-corrected chi connectivity index (χ1v) is 7.27. The number of rotatable bonds is 5. The van der Waals surface area contributed by atoms with Gasteiger partial charge in [0.15, 0.2) is 6.61 Å². The molecule has 1 amide bonds. The summed E-state index contributed by atoms with van der Waals surface area (Å²) in [6.07, 6.45) is -0.116. The van der Waals surface area contributed by atoms with Crippen molar-refractivity contribution in [2.45, 2.75) is 26.3 Å². The highest BCUT2D eigenvalue weighted by Gasteiger charge is 2.29. The van der Waals surface area contributed by atoms with Crippen LogP contribution in [-0.2, 0) is 14.3 Å². The summed E-state index contributed by atoms with van der Waals surface area (Å²) in [5.41, 5.74) is 1.94. The summed E-state index contributed by atoms with van der Waals surface area (Å²) in [6.45, 7) is 4.82. The van der Waals surface area contributed by atoms with Crippen molar-refractivity contribution in [1.82, 2.24) is 4.90 Å². The summed E-state index contributed by atoms with van der Waals surface area (Å²) >= 11 is 0. The molecule has 1 saturated heterocycles. The second kappa shape index (κ2) is 7.26. The molecule has 0 spiro atoms. The first-order chi connectivity index (χ1) is 10.5. The monoisotopic (exact) mass is 307 g/mol. The normalized spacial score (nSPS) is 18.1. The van der Waals surface area contributed by atoms with Crippen molar-refractivity contribution < 1.29 is 24.2 Å². The minimum atomic E-state index is -0.941. The number of hydrogen-bond acceptors (Lipinski definition) is 4. The van der Waals surface area contributed by atoms with Crippen LogP contribution < -0.4 is 4.74 Å². The SMILES string of the molecule is Cc1cccc(C)c1OCC(=O)N1CCOCC1CC(=O)O. The molecule has 2 rings (SSSR count). The fourth-order valence-corrected chi connectivity index (χ4v) is 2.60. The average Bonchev–Trinajstić information content (AvgIpc) is 2.46. The molecule has 6 nitrogen and oxygen atoms in total. The van der Waals surface area contributed by atoms with Crippen molar-refractivity contribution in [3.63, 3.8) is 0 Å². The highest BCUT2D eigenvalue weighted by molar-refractivity contribution is 5.79. The third kappa shape index (κ3) is 3.98. The molecular weight excluding hydrogens is 286 g/mol. The number of carboxylic acids is 1. The van der Waals surface area contributed by atoms with E-state index in [0.29, 0.717) is 18.9 Å². The lowest BCUT2D eigenvalue weighted by Crippen LogP contribution is -2.51. The summed E-state index contributed by atoms with van der Waals surface area (Å²) in [5, 5.41) is 8.92. The molecule has 22 heavy (non-hydrogen) atoms. The zero-order valence-electron chi connectivity index (χ0n) is 12.9. The van der Waals surface area contributed by atoms with E-state index in [1.165, 1.54) is 0 Å². The van der Waals surface area contributed by atoms with Gasteiger partial charge >= 0.3 is 5.97 Å². The summed E-state index contributed by atoms with van der Waals surface area (Å²) in [7, 11) is 0. The zero-order valence-corrected chi connectivity index (χ0v) is 12.9. The number of morpholine rings is 1. The topological polar surface area (TPSA) is 76.1 Å². The molecule has 6 heteroatoms. The van der Waals surface area contributed by atoms with Gasteiger partial charge in [0.2, 0.25) is 0 Å². The van der Waals surface area contributed by atoms with E-state index in [0.717, 1.165) is 11.1 Å². The Morgan fingerprint density at radius 3 is 2.68 bits per heavy atom. The molecule has 120 valence electrons. The lowest BCUT2D eigenvalue weighted by atomic mass is 10.1. The Hall–Kier alpha value is -2.08. The van der Waals surface area contributed by atoms with Gasteiger partial charge in [-0.3, -0.25) is 9.59 Å². The number of amides is 1. The fraction of sp³-hybridized carbons (Fsp3) is 0.500. The van der Waals surface area contributed by atoms with Crippen molar-refractivity contribution in [2.75, 3.05) is 26.4 Å². The minimum absolute atomic E-state index is 0.0954. The lowest BCUT2D eigenvalue weighted by molar-refractivity contribution is -0.147. The number of nitrogens with zero attached hydrogens (tertiary/aromatic N) is 1. The largest absolute Gasteiger partial charge is 0.483 e. The Morgan fingerprint density at radius 2 is 2.05 bits per heavy atom. The fourth-order valence-electron chi connectivity index (χ4n) is 2.60. The molecule has 0 radical (unpaired) electrons. The quantitative estimate of drug-likeness (QED) is 0.889. The van der Waals surface area contributed by atoms with Crippen LogP contribution in [-0.4, -0.2) is 54.3 Å². The summed E-state index contributed by atoms with van der Waals surface area (Å²) in [5.74, 6) is -0.444. The standard InChI is InChI=1S/C16H21NO5/c1-11-4-3-5-12(2)16(11)22-10-14(18)17-6-7-21-9-13(17)8-15(19)20/h3-5,13H,6-10H2,1-2H3,(H,19,20). The van der Waals surface area contributed by atoms with E-state index < -0.39 is 12.0 Å². The van der Waals surface area contributed by atoms with Crippen LogP contribution in [0.15, 0.2) is 18.2 Å². The molecule has 1 N–H and O–H groups in total. The Morgan fingerprint density at radius 1 is 1.36 bits per heavy atom. The maximum absolute atomic E-state index is 12.3. The lowest BCUT2D eigenvalue weighted by Gasteiger charge is -2.34. The van der Waals surface area contributed by atoms with Crippen molar-refractivity contribution in [1.29, 1.82) is 0 Å². The van der Waals surface area contributed by atoms with Gasteiger partial charge in [0.05, 0.1) is 25.7 Å². The number of para-hydroxylation sites is 1. The van der Waals surface area contributed by atoms with Gasteiger partial charge in [-0.1, -0.05) is 18.2 Å². The van der Waals surface area contributed by atoms with E-state index >= 15 is 0 Å². The molecule has 1 aliphatic heterocycles. The number of carboxylic acid groups (broad SMARTS) is 1. The van der Waals surface area contributed by atoms with Crippen molar-refractivity contribution >= 4 is 11.9 Å². The van der Waals surface area contributed by atoms with E-state index in [4.69, 9.17) is 14.6 Å². The predicted molar refractivity (Wildman–Crippen MR) is 80.0 cm³/mol. The van der Waals surface area contributed by atoms with Gasteiger partial charge in [-0.2, -0.15) is 0 Å². The van der Waals surface area contributed by atoms with E-state index in [1.54, 1.807) is 4.90 Å². The van der Waals surface area contributed by atoms with Crippen LogP contribution in [0.2, 0.25) is 0 Å². The molecule has 1 aromatic carbocycles. The van der Waals surface area contributed by atoms with Crippen molar-refractivity contribution in [3.8, 4) is 5.75 Å². The molecule has 1 aliphatic rings. The number of aliphatic carboxylic acids is 1. The van der Waals surface area contributed by atoms with Gasteiger partial charge in [-0.25, -0.2) is 0 Å². The van der Waals surface area contributed by atoms with Gasteiger partial charge in [-0.05, 0) is 25.0 Å². The Kier molecular flexibility index (Phi) is 5.38. The molecule has 0 bridgehead atoms. The molecule has 0 saturated carbocycles. The maximum atomic E-state index is 12.3. The second-order valence-corrected chi connectivity index (χ2v) is 5.42. The van der Waals surface area contributed by atoms with Crippen LogP contribution in [0.3, 0.4) is 0 Å². The first kappa shape index (κ1) is 16.3. The summed E-state index contributed by atoms with van der Waals surface area (Å²) in [4.78, 5) is 24.8. The molecule has 1 aromatic rings. The highest BCUT2D eigenvalue weighted by Crippen LogP contribution is 2.22. The molecule has 0 aromatic heterocycles.